The summed E-state index contributed by atoms with van der Waals surface area (Å²) in [5, 5.41) is 0. The van der Waals surface area contributed by atoms with Crippen molar-refractivity contribution in [2.45, 2.75) is 18.9 Å². The second-order valence-corrected chi connectivity index (χ2v) is 3.16. The monoisotopic (exact) mass is 161 g/mol. The fourth-order valence-corrected chi connectivity index (χ4v) is 1.59. The predicted molar refractivity (Wildman–Crippen MR) is 45.4 cm³/mol. The van der Waals surface area contributed by atoms with E-state index in [4.69, 9.17) is 10.5 Å². The summed E-state index contributed by atoms with van der Waals surface area (Å²) in [5.41, 5.74) is 5.82. The van der Waals surface area contributed by atoms with E-state index in [9.17, 15) is 0 Å². The Bertz CT molecular complexity index is 93.6. The zero-order valence-electron chi connectivity index (χ0n) is 6.12. The first-order chi connectivity index (χ1) is 4.84. The molecule has 10 heavy (non-hydrogen) atoms. The van der Waals surface area contributed by atoms with Crippen molar-refractivity contribution in [1.82, 2.24) is 0 Å². The summed E-state index contributed by atoms with van der Waals surface area (Å²) in [6.45, 7) is 1.76. The minimum absolute atomic E-state index is 0.271. The van der Waals surface area contributed by atoms with Gasteiger partial charge in [0.1, 0.15) is 0 Å². The summed E-state index contributed by atoms with van der Waals surface area (Å²) in [4.78, 5) is 0. The molecule has 1 saturated heterocycles. The van der Waals surface area contributed by atoms with E-state index >= 15 is 0 Å². The van der Waals surface area contributed by atoms with E-state index in [1.54, 1.807) is 0 Å². The zero-order chi connectivity index (χ0) is 7.40. The minimum Gasteiger partial charge on any atom is -0.381 e. The van der Waals surface area contributed by atoms with Gasteiger partial charge in [-0.2, -0.15) is 12.6 Å². The Morgan fingerprint density at radius 2 is 2.10 bits per heavy atom. The van der Waals surface area contributed by atoms with Gasteiger partial charge in [0, 0.05) is 25.0 Å². The highest BCUT2D eigenvalue weighted by Gasteiger charge is 2.19. The van der Waals surface area contributed by atoms with Crippen LogP contribution in [0.1, 0.15) is 12.8 Å². The first kappa shape index (κ1) is 8.37. The summed E-state index contributed by atoms with van der Waals surface area (Å²) in [5.74, 6) is 1.44. The molecule has 1 heterocycles. The van der Waals surface area contributed by atoms with Crippen molar-refractivity contribution in [3.63, 3.8) is 0 Å². The molecule has 0 radical (unpaired) electrons. The molecule has 60 valence electrons. The molecule has 0 aliphatic carbocycles. The van der Waals surface area contributed by atoms with Crippen molar-refractivity contribution < 1.29 is 4.74 Å². The Morgan fingerprint density at radius 1 is 1.50 bits per heavy atom. The number of thiol groups is 1. The van der Waals surface area contributed by atoms with Gasteiger partial charge in [-0.15, -0.1) is 0 Å². The molecule has 1 atom stereocenters. The average molecular weight is 161 g/mol. The average Bonchev–Trinajstić information content (AvgIpc) is 2.05. The van der Waals surface area contributed by atoms with Crippen LogP contribution in [0.25, 0.3) is 0 Å². The van der Waals surface area contributed by atoms with Crippen molar-refractivity contribution >= 4 is 12.6 Å². The highest BCUT2D eigenvalue weighted by atomic mass is 32.1. The zero-order valence-corrected chi connectivity index (χ0v) is 7.02. The van der Waals surface area contributed by atoms with Crippen molar-refractivity contribution in [3.8, 4) is 0 Å². The molecular formula is C7H15NOS. The number of rotatable bonds is 2. The molecule has 2 N–H and O–H groups in total. The summed E-state index contributed by atoms with van der Waals surface area (Å²) >= 11 is 4.16. The maximum atomic E-state index is 5.82. The van der Waals surface area contributed by atoms with Crippen LogP contribution in [-0.4, -0.2) is 25.0 Å². The van der Waals surface area contributed by atoms with Gasteiger partial charge in [-0.1, -0.05) is 0 Å². The quantitative estimate of drug-likeness (QED) is 0.584. The van der Waals surface area contributed by atoms with Gasteiger partial charge >= 0.3 is 0 Å². The highest BCUT2D eigenvalue weighted by molar-refractivity contribution is 7.80. The van der Waals surface area contributed by atoms with Gasteiger partial charge in [0.05, 0.1) is 0 Å². The highest BCUT2D eigenvalue weighted by Crippen LogP contribution is 2.17. The molecule has 0 amide bonds. The maximum absolute atomic E-state index is 5.82. The molecule has 0 aromatic rings. The van der Waals surface area contributed by atoms with Gasteiger partial charge in [-0.25, -0.2) is 0 Å². The minimum atomic E-state index is 0.271. The van der Waals surface area contributed by atoms with Crippen molar-refractivity contribution in [3.05, 3.63) is 0 Å². The fourth-order valence-electron chi connectivity index (χ4n) is 1.29. The number of hydrogen-bond acceptors (Lipinski definition) is 3. The third-order valence-electron chi connectivity index (χ3n) is 2.08. The van der Waals surface area contributed by atoms with Gasteiger partial charge in [0.25, 0.3) is 0 Å². The molecule has 1 aliphatic rings. The van der Waals surface area contributed by atoms with Crippen LogP contribution >= 0.6 is 12.6 Å². The van der Waals surface area contributed by atoms with Gasteiger partial charge in [0.2, 0.25) is 0 Å². The first-order valence-corrected chi connectivity index (χ1v) is 4.42. The van der Waals surface area contributed by atoms with Crippen LogP contribution in [0.15, 0.2) is 0 Å². The largest absolute Gasteiger partial charge is 0.381 e. The van der Waals surface area contributed by atoms with Gasteiger partial charge in [-0.3, -0.25) is 0 Å². The molecule has 0 spiro atoms. The van der Waals surface area contributed by atoms with Crippen LogP contribution in [0.4, 0.5) is 0 Å². The molecular weight excluding hydrogens is 146 g/mol. The van der Waals surface area contributed by atoms with E-state index in [2.05, 4.69) is 12.6 Å². The normalized spacial score (nSPS) is 24.6. The molecule has 1 aliphatic heterocycles. The van der Waals surface area contributed by atoms with E-state index in [1.165, 1.54) is 0 Å². The maximum Gasteiger partial charge on any atom is 0.0469 e. The van der Waals surface area contributed by atoms with Crippen LogP contribution in [0, 0.1) is 5.92 Å². The molecule has 3 heteroatoms. The summed E-state index contributed by atoms with van der Waals surface area (Å²) < 4.78 is 5.21. The third-order valence-corrected chi connectivity index (χ3v) is 2.50. The van der Waals surface area contributed by atoms with Crippen molar-refractivity contribution in [2.75, 3.05) is 19.0 Å². The molecule has 1 fully saturated rings. The lowest BCUT2D eigenvalue weighted by molar-refractivity contribution is 0.0608. The number of nitrogens with two attached hydrogens (primary N) is 1. The van der Waals surface area contributed by atoms with Crippen LogP contribution in [0.5, 0.6) is 0 Å². The van der Waals surface area contributed by atoms with Crippen molar-refractivity contribution in [2.24, 2.45) is 11.7 Å². The second kappa shape index (κ2) is 4.21. The standard InChI is InChI=1S/C7H15NOS/c8-7(5-10)6-1-3-9-4-2-6/h6-7,10H,1-5,8H2. The van der Waals surface area contributed by atoms with Crippen LogP contribution < -0.4 is 5.73 Å². The molecule has 2 nitrogen and oxygen atoms in total. The Hall–Kier alpha value is 0.270. The van der Waals surface area contributed by atoms with Gasteiger partial charge < -0.3 is 10.5 Å². The Kier molecular flexibility index (Phi) is 3.52. The fraction of sp³-hybridized carbons (Fsp3) is 1.00. The Labute approximate surface area is 67.5 Å². The second-order valence-electron chi connectivity index (χ2n) is 2.80. The molecule has 0 aromatic carbocycles. The SMILES string of the molecule is NC(CS)C1CCOCC1. The van der Waals surface area contributed by atoms with E-state index in [1.807, 2.05) is 0 Å². The van der Waals surface area contributed by atoms with Crippen LogP contribution in [0.3, 0.4) is 0 Å². The van der Waals surface area contributed by atoms with E-state index in [-0.39, 0.29) is 6.04 Å². The van der Waals surface area contributed by atoms with Gasteiger partial charge in [-0.05, 0) is 18.8 Å². The molecule has 1 unspecified atom stereocenters. The van der Waals surface area contributed by atoms with E-state index in [0.717, 1.165) is 31.8 Å². The lowest BCUT2D eigenvalue weighted by atomic mass is 9.94. The summed E-state index contributed by atoms with van der Waals surface area (Å²) in [7, 11) is 0. The molecule has 1 rings (SSSR count). The smallest absolute Gasteiger partial charge is 0.0469 e. The van der Waals surface area contributed by atoms with E-state index < -0.39 is 0 Å². The van der Waals surface area contributed by atoms with Gasteiger partial charge in [0.15, 0.2) is 0 Å². The lowest BCUT2D eigenvalue weighted by Crippen LogP contribution is -2.35. The molecule has 0 aromatic heterocycles. The topological polar surface area (TPSA) is 35.2 Å². The summed E-state index contributed by atoms with van der Waals surface area (Å²) in [6, 6.07) is 0.271. The first-order valence-electron chi connectivity index (χ1n) is 3.78. The van der Waals surface area contributed by atoms with Crippen LogP contribution in [0.2, 0.25) is 0 Å². The third kappa shape index (κ3) is 2.15. The van der Waals surface area contributed by atoms with E-state index in [0.29, 0.717) is 5.92 Å². The Balaban J connectivity index is 2.24. The van der Waals surface area contributed by atoms with Crippen LogP contribution in [-0.2, 0) is 4.74 Å². The summed E-state index contributed by atoms with van der Waals surface area (Å²) in [6.07, 6.45) is 2.23. The predicted octanol–water partition coefficient (Wildman–Crippen LogP) is 0.670. The lowest BCUT2D eigenvalue weighted by Gasteiger charge is -2.26. The number of hydrogen-bond donors (Lipinski definition) is 2. The molecule has 0 bridgehead atoms. The Morgan fingerprint density at radius 3 is 2.60 bits per heavy atom. The van der Waals surface area contributed by atoms with Crippen molar-refractivity contribution in [1.29, 1.82) is 0 Å². The number of ether oxygens (including phenoxy) is 1. The molecule has 0 saturated carbocycles.